The van der Waals surface area contributed by atoms with Crippen molar-refractivity contribution >= 4 is 23.5 Å². The summed E-state index contributed by atoms with van der Waals surface area (Å²) in [5, 5.41) is 0. The molecule has 32 heavy (non-hydrogen) atoms. The summed E-state index contributed by atoms with van der Waals surface area (Å²) in [5.74, 6) is -0.948. The van der Waals surface area contributed by atoms with Crippen LogP contribution in [0, 0.1) is 5.82 Å². The second kappa shape index (κ2) is 9.80. The lowest BCUT2D eigenvalue weighted by Gasteiger charge is -2.36. The monoisotopic (exact) mass is 439 g/mol. The quantitative estimate of drug-likeness (QED) is 0.647. The Morgan fingerprint density at radius 3 is 2.41 bits per heavy atom. The van der Waals surface area contributed by atoms with E-state index in [2.05, 4.69) is 4.90 Å². The number of likely N-dealkylation sites (tertiary alicyclic amines) is 1. The molecular weight excluding hydrogens is 413 g/mol. The largest absolute Gasteiger partial charge is 0.452 e. The Bertz CT molecular complexity index is 987. The highest BCUT2D eigenvalue weighted by Crippen LogP contribution is 2.18. The average Bonchev–Trinajstić information content (AvgIpc) is 3.22. The summed E-state index contributed by atoms with van der Waals surface area (Å²) < 4.78 is 18.3. The van der Waals surface area contributed by atoms with Crippen molar-refractivity contribution in [3.63, 3.8) is 0 Å². The number of anilines is 1. The molecule has 2 aliphatic heterocycles. The number of amides is 2. The van der Waals surface area contributed by atoms with Crippen molar-refractivity contribution in [3.05, 3.63) is 65.5 Å². The first kappa shape index (κ1) is 21.8. The van der Waals surface area contributed by atoms with E-state index in [0.29, 0.717) is 44.7 Å². The number of nitrogens with zero attached hydrogens (tertiary/aromatic N) is 3. The standard InChI is InChI=1S/C24H26FN3O4/c25-20-6-8-21(9-7-20)26-11-13-27(14-12-26)23(30)17-32-24(31)19-4-1-3-18(15-19)16-28-10-2-5-22(28)29/h1,3-4,6-9,15H,2,5,10-14,16-17H2. The zero-order valence-corrected chi connectivity index (χ0v) is 17.8. The molecule has 0 atom stereocenters. The summed E-state index contributed by atoms with van der Waals surface area (Å²) in [5.41, 5.74) is 2.14. The Kier molecular flexibility index (Phi) is 6.68. The molecule has 2 aliphatic rings. The van der Waals surface area contributed by atoms with Gasteiger partial charge in [0.15, 0.2) is 6.61 Å². The average molecular weight is 439 g/mol. The minimum atomic E-state index is -0.558. The van der Waals surface area contributed by atoms with Gasteiger partial charge in [0, 0.05) is 51.4 Å². The smallest absolute Gasteiger partial charge is 0.338 e. The van der Waals surface area contributed by atoms with Crippen molar-refractivity contribution in [2.75, 3.05) is 44.2 Å². The van der Waals surface area contributed by atoms with Crippen molar-refractivity contribution in [2.45, 2.75) is 19.4 Å². The van der Waals surface area contributed by atoms with E-state index in [1.54, 1.807) is 40.1 Å². The van der Waals surface area contributed by atoms with Crippen molar-refractivity contribution in [1.29, 1.82) is 0 Å². The first-order valence-corrected chi connectivity index (χ1v) is 10.8. The van der Waals surface area contributed by atoms with Crippen LogP contribution in [0.25, 0.3) is 0 Å². The van der Waals surface area contributed by atoms with E-state index in [-0.39, 0.29) is 24.2 Å². The minimum Gasteiger partial charge on any atom is -0.452 e. The molecule has 2 heterocycles. The lowest BCUT2D eigenvalue weighted by molar-refractivity contribution is -0.134. The molecule has 0 N–H and O–H groups in total. The number of rotatable bonds is 6. The minimum absolute atomic E-state index is 0.128. The molecule has 0 unspecified atom stereocenters. The van der Waals surface area contributed by atoms with Gasteiger partial charge in [-0.1, -0.05) is 12.1 Å². The first-order valence-electron chi connectivity index (χ1n) is 10.8. The van der Waals surface area contributed by atoms with Gasteiger partial charge in [-0.2, -0.15) is 0 Å². The van der Waals surface area contributed by atoms with E-state index in [4.69, 9.17) is 4.74 Å². The molecular formula is C24H26FN3O4. The fourth-order valence-electron chi connectivity index (χ4n) is 4.06. The summed E-state index contributed by atoms with van der Waals surface area (Å²) in [7, 11) is 0. The third kappa shape index (κ3) is 5.25. The molecule has 7 nitrogen and oxygen atoms in total. The first-order chi connectivity index (χ1) is 15.5. The van der Waals surface area contributed by atoms with Crippen LogP contribution >= 0.6 is 0 Å². The molecule has 0 saturated carbocycles. The normalized spacial score (nSPS) is 16.4. The molecule has 0 aromatic heterocycles. The number of benzene rings is 2. The van der Waals surface area contributed by atoms with Gasteiger partial charge in [-0.15, -0.1) is 0 Å². The van der Waals surface area contributed by atoms with E-state index < -0.39 is 5.97 Å². The predicted octanol–water partition coefficient (Wildman–Crippen LogP) is 2.45. The molecule has 2 aromatic rings. The summed E-state index contributed by atoms with van der Waals surface area (Å²) in [6.07, 6.45) is 1.43. The maximum absolute atomic E-state index is 13.1. The summed E-state index contributed by atoms with van der Waals surface area (Å²) in [6, 6.07) is 13.3. The SMILES string of the molecule is O=C(OCC(=O)N1CCN(c2ccc(F)cc2)CC1)c1cccc(CN2CCCC2=O)c1. The van der Waals surface area contributed by atoms with E-state index in [9.17, 15) is 18.8 Å². The molecule has 2 saturated heterocycles. The Labute approximate surface area is 186 Å². The lowest BCUT2D eigenvalue weighted by atomic mass is 10.1. The molecule has 0 spiro atoms. The second-order valence-electron chi connectivity index (χ2n) is 8.04. The van der Waals surface area contributed by atoms with Gasteiger partial charge in [0.05, 0.1) is 5.56 Å². The van der Waals surface area contributed by atoms with Gasteiger partial charge in [-0.25, -0.2) is 9.18 Å². The van der Waals surface area contributed by atoms with Gasteiger partial charge in [0.2, 0.25) is 5.91 Å². The van der Waals surface area contributed by atoms with Crippen LogP contribution in [0.3, 0.4) is 0 Å². The third-order valence-electron chi connectivity index (χ3n) is 5.86. The highest BCUT2D eigenvalue weighted by molar-refractivity contribution is 5.91. The van der Waals surface area contributed by atoms with Crippen LogP contribution in [0.4, 0.5) is 10.1 Å². The molecule has 0 aliphatic carbocycles. The van der Waals surface area contributed by atoms with Crippen LogP contribution in [-0.4, -0.2) is 66.9 Å². The molecule has 168 valence electrons. The van der Waals surface area contributed by atoms with E-state index >= 15 is 0 Å². The number of ether oxygens (including phenoxy) is 1. The van der Waals surface area contributed by atoms with Gasteiger partial charge in [-0.3, -0.25) is 9.59 Å². The summed E-state index contributed by atoms with van der Waals surface area (Å²) in [4.78, 5) is 42.3. The second-order valence-corrected chi connectivity index (χ2v) is 8.04. The number of halogens is 1. The van der Waals surface area contributed by atoms with Gasteiger partial charge in [-0.05, 0) is 48.4 Å². The molecule has 4 rings (SSSR count). The number of hydrogen-bond acceptors (Lipinski definition) is 5. The van der Waals surface area contributed by atoms with Crippen molar-refractivity contribution in [3.8, 4) is 0 Å². The van der Waals surface area contributed by atoms with E-state index in [1.807, 2.05) is 6.07 Å². The van der Waals surface area contributed by atoms with Gasteiger partial charge >= 0.3 is 5.97 Å². The molecule has 0 bridgehead atoms. The number of carbonyl (C=O) groups is 3. The van der Waals surface area contributed by atoms with Crippen LogP contribution < -0.4 is 4.90 Å². The highest BCUT2D eigenvalue weighted by atomic mass is 19.1. The number of carbonyl (C=O) groups excluding carboxylic acids is 3. The topological polar surface area (TPSA) is 70.2 Å². The Hall–Kier alpha value is -3.42. The highest BCUT2D eigenvalue weighted by Gasteiger charge is 2.23. The van der Waals surface area contributed by atoms with Crippen LogP contribution in [-0.2, 0) is 20.9 Å². The van der Waals surface area contributed by atoms with Crippen LogP contribution in [0.1, 0.15) is 28.8 Å². The Morgan fingerprint density at radius 2 is 1.72 bits per heavy atom. The van der Waals surface area contributed by atoms with Crippen LogP contribution in [0.5, 0.6) is 0 Å². The zero-order valence-electron chi connectivity index (χ0n) is 17.8. The predicted molar refractivity (Wildman–Crippen MR) is 117 cm³/mol. The van der Waals surface area contributed by atoms with Gasteiger partial charge in [0.25, 0.3) is 5.91 Å². The van der Waals surface area contributed by atoms with Gasteiger partial charge in [0.1, 0.15) is 5.82 Å². The van der Waals surface area contributed by atoms with Gasteiger partial charge < -0.3 is 19.4 Å². The molecule has 2 aromatic carbocycles. The lowest BCUT2D eigenvalue weighted by Crippen LogP contribution is -2.49. The van der Waals surface area contributed by atoms with Crippen LogP contribution in [0.2, 0.25) is 0 Å². The molecule has 0 radical (unpaired) electrons. The number of piperazine rings is 1. The Balaban J connectivity index is 1.25. The zero-order chi connectivity index (χ0) is 22.5. The fraction of sp³-hybridized carbons (Fsp3) is 0.375. The van der Waals surface area contributed by atoms with Crippen LogP contribution in [0.15, 0.2) is 48.5 Å². The Morgan fingerprint density at radius 1 is 0.969 bits per heavy atom. The third-order valence-corrected chi connectivity index (χ3v) is 5.86. The van der Waals surface area contributed by atoms with Crippen molar-refractivity contribution < 1.29 is 23.5 Å². The van der Waals surface area contributed by atoms with E-state index in [0.717, 1.165) is 24.2 Å². The summed E-state index contributed by atoms with van der Waals surface area (Å²) in [6.45, 7) is 3.16. The maximum Gasteiger partial charge on any atom is 0.338 e. The number of esters is 1. The molecule has 2 amide bonds. The van der Waals surface area contributed by atoms with E-state index in [1.165, 1.54) is 12.1 Å². The maximum atomic E-state index is 13.1. The van der Waals surface area contributed by atoms with Crippen molar-refractivity contribution in [1.82, 2.24) is 9.80 Å². The number of hydrogen-bond donors (Lipinski definition) is 0. The fourth-order valence-corrected chi connectivity index (χ4v) is 4.06. The molecule has 8 heteroatoms. The molecule has 2 fully saturated rings. The summed E-state index contributed by atoms with van der Waals surface area (Å²) >= 11 is 0. The van der Waals surface area contributed by atoms with Crippen molar-refractivity contribution in [2.24, 2.45) is 0 Å².